The van der Waals surface area contributed by atoms with Crippen molar-refractivity contribution in [1.82, 2.24) is 20.5 Å². The first-order valence-corrected chi connectivity index (χ1v) is 15.4. The van der Waals surface area contributed by atoms with E-state index in [1.165, 1.54) is 37.0 Å². The summed E-state index contributed by atoms with van der Waals surface area (Å²) in [4.78, 5) is 11.9. The monoisotopic (exact) mass is 555 g/mol. The summed E-state index contributed by atoms with van der Waals surface area (Å²) in [5, 5.41) is 14.5. The van der Waals surface area contributed by atoms with Crippen LogP contribution in [0.1, 0.15) is 52.0 Å². The lowest BCUT2D eigenvalue weighted by Gasteiger charge is -2.29. The molecular weight excluding hydrogens is 510 g/mol. The maximum absolute atomic E-state index is 6.24. The molecule has 0 bridgehead atoms. The summed E-state index contributed by atoms with van der Waals surface area (Å²) < 4.78 is 6.24. The number of allylic oxidation sites excluding steroid dienone is 1. The zero-order valence-corrected chi connectivity index (χ0v) is 24.8. The molecule has 1 aromatic heterocycles. The summed E-state index contributed by atoms with van der Waals surface area (Å²) in [5.41, 5.74) is 6.93. The molecule has 0 spiro atoms. The van der Waals surface area contributed by atoms with Gasteiger partial charge < -0.3 is 30.9 Å². The summed E-state index contributed by atoms with van der Waals surface area (Å²) in [6, 6.07) is 8.72. The quantitative estimate of drug-likeness (QED) is 0.250. The average Bonchev–Trinajstić information content (AvgIpc) is 3.78. The zero-order valence-electron chi connectivity index (χ0n) is 24.8. The first-order chi connectivity index (χ1) is 20.0. The summed E-state index contributed by atoms with van der Waals surface area (Å²) in [6.07, 6.45) is 8.96. The van der Waals surface area contributed by atoms with E-state index in [9.17, 15) is 0 Å². The second-order valence-electron chi connectivity index (χ2n) is 12.2. The highest BCUT2D eigenvalue weighted by Gasteiger charge is 2.35. The Bertz CT molecular complexity index is 1320. The highest BCUT2D eigenvalue weighted by Crippen LogP contribution is 2.41. The number of pyridine rings is 1. The number of aromatic nitrogens is 1. The first-order valence-electron chi connectivity index (χ1n) is 15.4. The molecule has 2 aromatic rings. The van der Waals surface area contributed by atoms with Crippen molar-refractivity contribution < 1.29 is 4.74 Å². The van der Waals surface area contributed by atoms with E-state index in [0.717, 1.165) is 72.5 Å². The van der Waals surface area contributed by atoms with E-state index in [2.05, 4.69) is 77.8 Å². The number of hydrogen-bond donors (Lipinski definition) is 4. The summed E-state index contributed by atoms with van der Waals surface area (Å²) in [7, 11) is 0. The molecule has 0 amide bonds. The predicted octanol–water partition coefficient (Wildman–Crippen LogP) is 5.58. The third kappa shape index (κ3) is 6.22. The Kier molecular flexibility index (Phi) is 8.19. The summed E-state index contributed by atoms with van der Waals surface area (Å²) in [5.74, 6) is 4.63. The molecule has 218 valence electrons. The molecule has 6 rings (SSSR count). The van der Waals surface area contributed by atoms with Crippen molar-refractivity contribution in [3.8, 4) is 16.9 Å². The molecule has 4 aliphatic rings. The van der Waals surface area contributed by atoms with Gasteiger partial charge in [-0.05, 0) is 87.2 Å². The number of ether oxygens (including phenoxy) is 1. The minimum Gasteiger partial charge on any atom is -0.491 e. The molecule has 4 heterocycles. The number of nitrogens with zero attached hydrogens (tertiary/aromatic N) is 3. The van der Waals surface area contributed by atoms with Gasteiger partial charge in [0.05, 0.1) is 12.2 Å². The molecule has 41 heavy (non-hydrogen) atoms. The third-order valence-corrected chi connectivity index (χ3v) is 8.83. The minimum absolute atomic E-state index is 0.311. The molecule has 1 saturated carbocycles. The van der Waals surface area contributed by atoms with Gasteiger partial charge in [-0.15, -0.1) is 0 Å². The maximum atomic E-state index is 6.24. The van der Waals surface area contributed by atoms with Crippen molar-refractivity contribution in [3.63, 3.8) is 0 Å². The number of anilines is 2. The number of amidine groups is 1. The van der Waals surface area contributed by atoms with Crippen molar-refractivity contribution in [2.24, 2.45) is 22.7 Å². The third-order valence-electron chi connectivity index (χ3n) is 8.83. The average molecular weight is 556 g/mol. The lowest BCUT2D eigenvalue weighted by molar-refractivity contribution is 0.289. The van der Waals surface area contributed by atoms with Crippen LogP contribution in [0, 0.1) is 17.8 Å². The van der Waals surface area contributed by atoms with Crippen LogP contribution in [-0.4, -0.2) is 54.7 Å². The highest BCUT2D eigenvalue weighted by molar-refractivity contribution is 5.99. The van der Waals surface area contributed by atoms with Gasteiger partial charge in [-0.2, -0.15) is 0 Å². The summed E-state index contributed by atoms with van der Waals surface area (Å²) >= 11 is 0. The number of fused-ring (bicyclic) bond motifs is 2. The number of nitrogens with one attached hydrogen (secondary N) is 4. The molecular formula is C33H45N7O. The molecule has 1 aliphatic carbocycles. The number of rotatable bonds is 8. The fourth-order valence-electron chi connectivity index (χ4n) is 6.35. The van der Waals surface area contributed by atoms with Crippen LogP contribution >= 0.6 is 0 Å². The van der Waals surface area contributed by atoms with E-state index >= 15 is 0 Å². The van der Waals surface area contributed by atoms with Gasteiger partial charge in [0, 0.05) is 47.9 Å². The summed E-state index contributed by atoms with van der Waals surface area (Å²) in [6.45, 7) is 16.0. The topological polar surface area (TPSA) is 85.8 Å². The second-order valence-corrected chi connectivity index (χ2v) is 12.2. The Morgan fingerprint density at radius 3 is 2.76 bits per heavy atom. The standard InChI is InChI=1S/C33H45N7O/c1-5-35-33(22(4)30(21(2)3)36-18-23-10-12-34-13-11-23)40-14-15-41-29-9-8-25(16-27(29)20-40)26-17-28-32(37-19-26)39-31(38-28)24-6-7-24/h5,8-9,16-17,19,21,23-24,31,34,36,38H,1,6-7,10-15,18,20H2,2-4H3,(H,37,39)/b30-22+,35-33?. The first kappa shape index (κ1) is 27.6. The van der Waals surface area contributed by atoms with Crippen LogP contribution in [0.2, 0.25) is 0 Å². The van der Waals surface area contributed by atoms with Crippen LogP contribution in [0.3, 0.4) is 0 Å². The van der Waals surface area contributed by atoms with Crippen LogP contribution in [0.25, 0.3) is 11.1 Å². The van der Waals surface area contributed by atoms with Crippen LogP contribution in [0.4, 0.5) is 11.5 Å². The molecule has 2 fully saturated rings. The lowest BCUT2D eigenvalue weighted by atomic mass is 9.96. The van der Waals surface area contributed by atoms with Crippen LogP contribution in [0.15, 0.2) is 59.5 Å². The van der Waals surface area contributed by atoms with Gasteiger partial charge in [-0.25, -0.2) is 9.98 Å². The Morgan fingerprint density at radius 1 is 1.17 bits per heavy atom. The number of aliphatic imine (C=N–C) groups is 1. The van der Waals surface area contributed by atoms with E-state index in [1.54, 1.807) is 6.20 Å². The smallest absolute Gasteiger partial charge is 0.151 e. The second kappa shape index (κ2) is 12.1. The maximum Gasteiger partial charge on any atom is 0.151 e. The highest BCUT2D eigenvalue weighted by atomic mass is 16.5. The Labute approximate surface area is 244 Å². The molecule has 8 nitrogen and oxygen atoms in total. The minimum atomic E-state index is 0.311. The van der Waals surface area contributed by atoms with Crippen LogP contribution in [0.5, 0.6) is 5.75 Å². The van der Waals surface area contributed by atoms with E-state index in [4.69, 9.17) is 14.7 Å². The van der Waals surface area contributed by atoms with Crippen molar-refractivity contribution in [1.29, 1.82) is 0 Å². The SMILES string of the molecule is C=CN=C(/C(C)=C(/NCC1CCNCC1)C(C)C)N1CCOc2ccc(-c3cnc4c(c3)NC(C3CC3)N4)cc2C1. The van der Waals surface area contributed by atoms with Crippen LogP contribution < -0.4 is 26.0 Å². The Hall–Kier alpha value is -3.52. The van der Waals surface area contributed by atoms with Gasteiger partial charge in [0.2, 0.25) is 0 Å². The molecule has 3 aliphatic heterocycles. The molecule has 1 unspecified atom stereocenters. The number of benzene rings is 1. The van der Waals surface area contributed by atoms with E-state index in [1.807, 2.05) is 6.20 Å². The van der Waals surface area contributed by atoms with Gasteiger partial charge in [0.15, 0.2) is 5.82 Å². The fourth-order valence-corrected chi connectivity index (χ4v) is 6.35. The zero-order chi connectivity index (χ0) is 28.3. The van der Waals surface area contributed by atoms with Gasteiger partial charge in [0.25, 0.3) is 0 Å². The van der Waals surface area contributed by atoms with Gasteiger partial charge >= 0.3 is 0 Å². The largest absolute Gasteiger partial charge is 0.491 e. The van der Waals surface area contributed by atoms with Crippen molar-refractivity contribution in [3.05, 3.63) is 60.1 Å². The van der Waals surface area contributed by atoms with Gasteiger partial charge in [-0.3, -0.25) is 0 Å². The molecule has 1 aromatic carbocycles. The van der Waals surface area contributed by atoms with Crippen molar-refractivity contribution in [2.75, 3.05) is 43.4 Å². The molecule has 1 atom stereocenters. The number of hydrogen-bond acceptors (Lipinski definition) is 7. The fraction of sp³-hybridized carbons (Fsp3) is 0.515. The normalized spacial score (nSPS) is 21.6. The van der Waals surface area contributed by atoms with E-state index in [0.29, 0.717) is 30.5 Å². The predicted molar refractivity (Wildman–Crippen MR) is 168 cm³/mol. The van der Waals surface area contributed by atoms with E-state index in [-0.39, 0.29) is 0 Å². The Balaban J connectivity index is 1.23. The van der Waals surface area contributed by atoms with Crippen molar-refractivity contribution in [2.45, 2.75) is 59.2 Å². The van der Waals surface area contributed by atoms with Gasteiger partial charge in [-0.1, -0.05) is 26.5 Å². The molecule has 1 saturated heterocycles. The van der Waals surface area contributed by atoms with Crippen molar-refractivity contribution >= 4 is 17.3 Å². The Morgan fingerprint density at radius 2 is 2.00 bits per heavy atom. The molecule has 4 N–H and O–H groups in total. The molecule has 0 radical (unpaired) electrons. The molecule has 8 heteroatoms. The van der Waals surface area contributed by atoms with Gasteiger partial charge in [0.1, 0.15) is 24.4 Å². The lowest BCUT2D eigenvalue weighted by Crippen LogP contribution is -2.37. The number of piperidine rings is 1. The van der Waals surface area contributed by atoms with E-state index < -0.39 is 0 Å². The van der Waals surface area contributed by atoms with Crippen LogP contribution in [-0.2, 0) is 6.54 Å².